The van der Waals surface area contributed by atoms with E-state index < -0.39 is 11.9 Å². The van der Waals surface area contributed by atoms with Crippen molar-refractivity contribution in [2.24, 2.45) is 5.84 Å². The fourth-order valence-corrected chi connectivity index (χ4v) is 1.66. The van der Waals surface area contributed by atoms with Gasteiger partial charge in [-0.3, -0.25) is 10.2 Å². The van der Waals surface area contributed by atoms with E-state index in [1.165, 1.54) is 0 Å². The summed E-state index contributed by atoms with van der Waals surface area (Å²) in [6.07, 6.45) is 1.61. The lowest BCUT2D eigenvalue weighted by molar-refractivity contribution is -0.127. The maximum Gasteiger partial charge on any atom is 0.244 e. The van der Waals surface area contributed by atoms with E-state index in [1.807, 2.05) is 0 Å². The molecule has 7 nitrogen and oxygen atoms in total. The number of hydrazine groups is 1. The van der Waals surface area contributed by atoms with Crippen LogP contribution in [0.4, 0.5) is 16.2 Å². The van der Waals surface area contributed by atoms with Crippen molar-refractivity contribution in [2.45, 2.75) is 12.5 Å². The summed E-state index contributed by atoms with van der Waals surface area (Å²) in [6, 6.07) is -0.449. The van der Waals surface area contributed by atoms with Crippen LogP contribution in [0.25, 0.3) is 0 Å². The Morgan fingerprint density at radius 3 is 3.00 bits per heavy atom. The molecule has 0 radical (unpaired) electrons. The molecule has 1 aromatic rings. The van der Waals surface area contributed by atoms with Gasteiger partial charge in [0.25, 0.3) is 0 Å². The van der Waals surface area contributed by atoms with E-state index in [4.69, 9.17) is 5.84 Å². The van der Waals surface area contributed by atoms with Crippen LogP contribution < -0.4 is 16.6 Å². The highest BCUT2D eigenvalue weighted by atomic mass is 19.1. The van der Waals surface area contributed by atoms with E-state index in [2.05, 4.69) is 20.7 Å². The molecule has 92 valence electrons. The minimum absolute atomic E-state index is 0.0263. The second-order valence-corrected chi connectivity index (χ2v) is 3.78. The number of amides is 1. The first-order valence-electron chi connectivity index (χ1n) is 5.12. The first-order chi connectivity index (χ1) is 8.11. The van der Waals surface area contributed by atoms with Crippen molar-refractivity contribution in [1.29, 1.82) is 0 Å². The number of anilines is 2. The molecule has 8 heteroatoms. The van der Waals surface area contributed by atoms with Gasteiger partial charge in [0.2, 0.25) is 11.9 Å². The van der Waals surface area contributed by atoms with Gasteiger partial charge in [-0.1, -0.05) is 0 Å². The van der Waals surface area contributed by atoms with E-state index in [0.29, 0.717) is 13.0 Å². The highest BCUT2D eigenvalue weighted by Gasteiger charge is 2.29. The smallest absolute Gasteiger partial charge is 0.244 e. The molecule has 2 rings (SSSR count). The zero-order valence-electron chi connectivity index (χ0n) is 9.27. The predicted molar refractivity (Wildman–Crippen MR) is 59.5 cm³/mol. The van der Waals surface area contributed by atoms with Crippen molar-refractivity contribution in [2.75, 3.05) is 24.3 Å². The molecule has 0 aromatic carbocycles. The standard InChI is InChI=1S/C9H13FN6O/c1-16-3-2-6(8(16)17)13-7-5(10)4-12-9(14-7)15-11/h4,6H,2-3,11H2,1H3,(H2,12,13,14,15). The van der Waals surface area contributed by atoms with Crippen molar-refractivity contribution in [1.82, 2.24) is 14.9 Å². The lowest BCUT2D eigenvalue weighted by atomic mass is 10.2. The average Bonchev–Trinajstić information content (AvgIpc) is 2.64. The molecule has 17 heavy (non-hydrogen) atoms. The van der Waals surface area contributed by atoms with Crippen LogP contribution in [0.1, 0.15) is 6.42 Å². The summed E-state index contributed by atoms with van der Waals surface area (Å²) in [4.78, 5) is 20.6. The summed E-state index contributed by atoms with van der Waals surface area (Å²) in [5.74, 6) is 4.49. The first-order valence-corrected chi connectivity index (χ1v) is 5.12. The van der Waals surface area contributed by atoms with Crippen molar-refractivity contribution in [3.8, 4) is 0 Å². The molecule has 0 bridgehead atoms. The third-order valence-corrected chi connectivity index (χ3v) is 2.61. The molecule has 2 heterocycles. The average molecular weight is 240 g/mol. The fraction of sp³-hybridized carbons (Fsp3) is 0.444. The van der Waals surface area contributed by atoms with Crippen LogP contribution in [0.15, 0.2) is 6.20 Å². The van der Waals surface area contributed by atoms with Crippen LogP contribution >= 0.6 is 0 Å². The zero-order valence-corrected chi connectivity index (χ0v) is 9.27. The largest absolute Gasteiger partial charge is 0.356 e. The number of nitrogen functional groups attached to an aromatic ring is 1. The van der Waals surface area contributed by atoms with Crippen LogP contribution in [-0.2, 0) is 4.79 Å². The molecule has 1 unspecified atom stereocenters. The quantitative estimate of drug-likeness (QED) is 0.489. The third-order valence-electron chi connectivity index (χ3n) is 2.61. The van der Waals surface area contributed by atoms with Crippen molar-refractivity contribution in [3.05, 3.63) is 12.0 Å². The Morgan fingerprint density at radius 2 is 2.41 bits per heavy atom. The van der Waals surface area contributed by atoms with E-state index in [-0.39, 0.29) is 17.7 Å². The Morgan fingerprint density at radius 1 is 1.65 bits per heavy atom. The van der Waals surface area contributed by atoms with Crippen molar-refractivity contribution in [3.63, 3.8) is 0 Å². The van der Waals surface area contributed by atoms with Crippen LogP contribution in [0.3, 0.4) is 0 Å². The van der Waals surface area contributed by atoms with Crippen LogP contribution in [-0.4, -0.2) is 40.4 Å². The number of nitrogens with one attached hydrogen (secondary N) is 2. The number of hydrogen-bond acceptors (Lipinski definition) is 6. The lowest BCUT2D eigenvalue weighted by Crippen LogP contribution is -2.31. The van der Waals surface area contributed by atoms with Gasteiger partial charge in [0.15, 0.2) is 11.6 Å². The summed E-state index contributed by atoms with van der Waals surface area (Å²) in [5.41, 5.74) is 2.22. The normalized spacial score (nSPS) is 19.6. The molecule has 0 spiro atoms. The minimum Gasteiger partial charge on any atom is -0.356 e. The summed E-state index contributed by atoms with van der Waals surface area (Å²) in [6.45, 7) is 0.644. The summed E-state index contributed by atoms with van der Waals surface area (Å²) in [5, 5.41) is 2.75. The van der Waals surface area contributed by atoms with Gasteiger partial charge in [-0.25, -0.2) is 15.2 Å². The Balaban J connectivity index is 2.15. The Kier molecular flexibility index (Phi) is 3.05. The highest BCUT2D eigenvalue weighted by Crippen LogP contribution is 2.17. The van der Waals surface area contributed by atoms with E-state index in [9.17, 15) is 9.18 Å². The molecule has 1 saturated heterocycles. The Hall–Kier alpha value is -1.96. The number of likely N-dealkylation sites (N-methyl/N-ethyl adjacent to an activating group) is 1. The fourth-order valence-electron chi connectivity index (χ4n) is 1.66. The minimum atomic E-state index is -0.619. The van der Waals surface area contributed by atoms with Crippen molar-refractivity contribution >= 4 is 17.7 Å². The number of rotatable bonds is 3. The molecule has 1 amide bonds. The summed E-state index contributed by atoms with van der Waals surface area (Å²) < 4.78 is 13.4. The third kappa shape index (κ3) is 2.26. The van der Waals surface area contributed by atoms with Gasteiger partial charge in [-0.05, 0) is 6.42 Å². The number of halogens is 1. The molecule has 1 atom stereocenters. The first kappa shape index (κ1) is 11.5. The molecular formula is C9H13FN6O. The Labute approximate surface area is 97.2 Å². The molecule has 1 aliphatic heterocycles. The van der Waals surface area contributed by atoms with E-state index in [1.54, 1.807) is 11.9 Å². The second-order valence-electron chi connectivity index (χ2n) is 3.78. The topological polar surface area (TPSA) is 96.2 Å². The van der Waals surface area contributed by atoms with Crippen LogP contribution in [0, 0.1) is 5.82 Å². The van der Waals surface area contributed by atoms with Crippen LogP contribution in [0.2, 0.25) is 0 Å². The number of carbonyl (C=O) groups excluding carboxylic acids is 1. The van der Waals surface area contributed by atoms with E-state index in [0.717, 1.165) is 6.20 Å². The van der Waals surface area contributed by atoms with E-state index >= 15 is 0 Å². The Bertz CT molecular complexity index is 439. The number of carbonyl (C=O) groups is 1. The van der Waals surface area contributed by atoms with Gasteiger partial charge >= 0.3 is 0 Å². The predicted octanol–water partition coefficient (Wildman–Crippen LogP) is -0.456. The molecular weight excluding hydrogens is 227 g/mol. The molecule has 1 fully saturated rings. The van der Waals surface area contributed by atoms with Gasteiger partial charge in [0.05, 0.1) is 6.20 Å². The van der Waals surface area contributed by atoms with Crippen molar-refractivity contribution < 1.29 is 9.18 Å². The van der Waals surface area contributed by atoms with Gasteiger partial charge in [-0.2, -0.15) is 4.98 Å². The maximum absolute atomic E-state index is 13.4. The molecule has 1 aliphatic rings. The number of hydrogen-bond donors (Lipinski definition) is 3. The molecule has 4 N–H and O–H groups in total. The monoisotopic (exact) mass is 240 g/mol. The van der Waals surface area contributed by atoms with Gasteiger partial charge < -0.3 is 10.2 Å². The van der Waals surface area contributed by atoms with Gasteiger partial charge in [-0.15, -0.1) is 0 Å². The number of aromatic nitrogens is 2. The van der Waals surface area contributed by atoms with Gasteiger partial charge in [0.1, 0.15) is 6.04 Å². The highest BCUT2D eigenvalue weighted by molar-refractivity contribution is 5.86. The maximum atomic E-state index is 13.4. The lowest BCUT2D eigenvalue weighted by Gasteiger charge is -2.13. The molecule has 1 aromatic heterocycles. The number of nitrogens with two attached hydrogens (primary N) is 1. The summed E-state index contributed by atoms with van der Waals surface area (Å²) >= 11 is 0. The summed E-state index contributed by atoms with van der Waals surface area (Å²) in [7, 11) is 1.70. The molecule has 0 aliphatic carbocycles. The molecule has 0 saturated carbocycles. The van der Waals surface area contributed by atoms with Crippen LogP contribution in [0.5, 0.6) is 0 Å². The zero-order chi connectivity index (χ0) is 12.4. The number of nitrogens with zero attached hydrogens (tertiary/aromatic N) is 3. The second kappa shape index (κ2) is 4.50. The van der Waals surface area contributed by atoms with Gasteiger partial charge in [0, 0.05) is 13.6 Å². The SMILES string of the molecule is CN1CCC(Nc2nc(NN)ncc2F)C1=O. The number of likely N-dealkylation sites (tertiary alicyclic amines) is 1.